The fourth-order valence-corrected chi connectivity index (χ4v) is 8.44. The van der Waals surface area contributed by atoms with Crippen LogP contribution in [0.25, 0.3) is 44.8 Å². The molecular weight excluding hydrogens is 703 g/mol. The van der Waals surface area contributed by atoms with E-state index in [9.17, 15) is 31.1 Å². The Morgan fingerprint density at radius 2 is 1.17 bits per heavy atom. The zero-order chi connectivity index (χ0) is 37.6. The average molecular weight is 738 g/mol. The number of carbonyl (C=O) groups is 1. The Kier molecular flexibility index (Phi) is 8.20. The smallest absolute Gasteiger partial charge is 0.327 e. The number of benzene rings is 4. The molecule has 3 heterocycles. The lowest BCUT2D eigenvalue weighted by molar-refractivity contribution is -0.877. The van der Waals surface area contributed by atoms with E-state index in [2.05, 4.69) is 5.43 Å². The summed E-state index contributed by atoms with van der Waals surface area (Å²) in [5, 5.41) is -0.0837. The summed E-state index contributed by atoms with van der Waals surface area (Å²) in [5.41, 5.74) is 5.70. The summed E-state index contributed by atoms with van der Waals surface area (Å²) in [6.07, 6.45) is -9.03. The third-order valence-corrected chi connectivity index (χ3v) is 11.6. The third-order valence-electron chi connectivity index (χ3n) is 10.2. The molecule has 0 bridgehead atoms. The van der Waals surface area contributed by atoms with E-state index in [0.29, 0.717) is 51.4 Å². The van der Waals surface area contributed by atoms with Crippen molar-refractivity contribution in [2.45, 2.75) is 43.4 Å². The molecule has 2 aromatic heterocycles. The molecule has 0 spiro atoms. The van der Waals surface area contributed by atoms with Gasteiger partial charge >= 0.3 is 17.6 Å². The predicted molar refractivity (Wildman–Crippen MR) is 190 cm³/mol. The Labute approximate surface area is 299 Å². The lowest BCUT2D eigenvalue weighted by atomic mass is 9.73. The Morgan fingerprint density at radius 3 is 1.58 bits per heavy atom. The van der Waals surface area contributed by atoms with Crippen LogP contribution in [0.1, 0.15) is 43.0 Å². The molecule has 1 N–H and O–H groups in total. The number of halogens is 6. The van der Waals surface area contributed by atoms with Crippen molar-refractivity contribution < 1.29 is 35.7 Å². The van der Waals surface area contributed by atoms with Gasteiger partial charge in [0.05, 0.1) is 45.0 Å². The summed E-state index contributed by atoms with van der Waals surface area (Å²) < 4.78 is 84.2. The molecule has 1 fully saturated rings. The summed E-state index contributed by atoms with van der Waals surface area (Å²) in [7, 11) is 5.30. The van der Waals surface area contributed by atoms with Gasteiger partial charge in [0.1, 0.15) is 23.7 Å². The van der Waals surface area contributed by atoms with Crippen LogP contribution in [0.15, 0.2) is 84.9 Å². The molecule has 0 radical (unpaired) electrons. The van der Waals surface area contributed by atoms with Gasteiger partial charge in [-0.3, -0.25) is 0 Å². The van der Waals surface area contributed by atoms with Gasteiger partial charge in [-0.15, -0.1) is 5.43 Å². The van der Waals surface area contributed by atoms with E-state index >= 15 is 0 Å². The van der Waals surface area contributed by atoms with E-state index in [1.165, 1.54) is 23.9 Å². The summed E-state index contributed by atoms with van der Waals surface area (Å²) in [6.45, 7) is 6.26. The summed E-state index contributed by atoms with van der Waals surface area (Å²) >= 11 is 1.21. The van der Waals surface area contributed by atoms with Crippen molar-refractivity contribution in [1.29, 1.82) is 0 Å². The van der Waals surface area contributed by atoms with Crippen LogP contribution in [-0.4, -0.2) is 47.3 Å². The van der Waals surface area contributed by atoms with E-state index in [1.807, 2.05) is 57.2 Å². The topological polar surface area (TPSA) is 64.7 Å². The first kappa shape index (κ1) is 35.7. The predicted octanol–water partition coefficient (Wildman–Crippen LogP) is 9.69. The maximum absolute atomic E-state index is 13.6. The SMILES string of the molecule is CC[N+]1(C)NC(c2ccc3c(c2)nc(-c2cccc(C(F)(F)F)c2)n3C)(c2ccc3c(c2)nc(-c2cccc(C(F)(F)F)c2)n3C)C(C)(C)SC1=O. The fourth-order valence-electron chi connectivity index (χ4n) is 7.20. The molecule has 0 aliphatic carbocycles. The molecule has 7 nitrogen and oxygen atoms in total. The second-order valence-corrected chi connectivity index (χ2v) is 15.4. The van der Waals surface area contributed by atoms with Crippen molar-refractivity contribution in [3.05, 3.63) is 107 Å². The van der Waals surface area contributed by atoms with Crippen LogP contribution in [0, 0.1) is 0 Å². The number of fused-ring (bicyclic) bond motifs is 2. The molecule has 1 unspecified atom stereocenters. The number of hydrogen-bond donors (Lipinski definition) is 1. The lowest BCUT2D eigenvalue weighted by Gasteiger charge is -2.54. The number of hydrogen-bond acceptors (Lipinski definition) is 5. The van der Waals surface area contributed by atoms with Gasteiger partial charge in [-0.1, -0.05) is 36.4 Å². The number of carbonyl (C=O) groups excluding carboxylic acids is 1. The van der Waals surface area contributed by atoms with Gasteiger partial charge in [0.25, 0.3) is 0 Å². The number of aromatic nitrogens is 4. The number of aryl methyl sites for hydroxylation is 2. The van der Waals surface area contributed by atoms with Gasteiger partial charge in [-0.25, -0.2) is 14.8 Å². The molecule has 14 heteroatoms. The van der Waals surface area contributed by atoms with E-state index in [1.54, 1.807) is 42.4 Å². The maximum atomic E-state index is 13.6. The van der Waals surface area contributed by atoms with Crippen LogP contribution in [0.2, 0.25) is 0 Å². The molecule has 52 heavy (non-hydrogen) atoms. The second kappa shape index (κ2) is 11.9. The number of amides is 1. The molecule has 1 amide bonds. The van der Waals surface area contributed by atoms with Crippen LogP contribution in [0.3, 0.4) is 0 Å². The first-order valence-corrected chi connectivity index (χ1v) is 17.3. The number of nitrogens with zero attached hydrogens (tertiary/aromatic N) is 5. The molecule has 4 aromatic carbocycles. The zero-order valence-electron chi connectivity index (χ0n) is 29.1. The van der Waals surface area contributed by atoms with E-state index in [-0.39, 0.29) is 9.83 Å². The Bertz CT molecular complexity index is 2250. The molecular formula is C38H35F6N6OS+. The van der Waals surface area contributed by atoms with Crippen LogP contribution in [0.5, 0.6) is 0 Å². The summed E-state index contributed by atoms with van der Waals surface area (Å²) in [6, 6.07) is 21.5. The lowest BCUT2D eigenvalue weighted by Crippen LogP contribution is -2.74. The number of thioether (sulfide) groups is 1. The molecule has 1 aliphatic rings. The number of rotatable bonds is 5. The van der Waals surface area contributed by atoms with Gasteiger partial charge in [-0.2, -0.15) is 30.9 Å². The van der Waals surface area contributed by atoms with Crippen LogP contribution in [-0.2, 0) is 32.0 Å². The minimum atomic E-state index is -4.51. The standard InChI is InChI=1S/C38H35F6N6OS/c1-7-50(6)34(51)52-35(2,3)36(47-50,24-14-16-30-28(20-24)45-32(48(30)4)22-10-8-12-26(18-22)37(39,40)41)25-15-17-31-29(21-25)46-33(49(31)5)23-11-9-13-27(19-23)38(42,43)44/h8-21,47H,7H2,1-6H3/q+1. The second-order valence-electron chi connectivity index (χ2n) is 13.8. The maximum Gasteiger partial charge on any atom is 0.416 e. The Morgan fingerprint density at radius 1 is 0.731 bits per heavy atom. The average Bonchev–Trinajstić information content (AvgIpc) is 3.61. The molecule has 270 valence electrons. The number of quaternary nitrogens is 1. The number of nitrogens with one attached hydrogen (secondary N) is 1. The van der Waals surface area contributed by atoms with Crippen LogP contribution < -0.4 is 5.43 Å². The highest BCUT2D eigenvalue weighted by molar-refractivity contribution is 8.14. The number of alkyl halides is 6. The molecule has 1 aliphatic heterocycles. The molecule has 1 atom stereocenters. The van der Waals surface area contributed by atoms with E-state index in [0.717, 1.165) is 35.4 Å². The van der Waals surface area contributed by atoms with Gasteiger partial charge in [0.15, 0.2) is 0 Å². The van der Waals surface area contributed by atoms with Crippen LogP contribution >= 0.6 is 11.8 Å². The van der Waals surface area contributed by atoms with Crippen molar-refractivity contribution in [3.63, 3.8) is 0 Å². The van der Waals surface area contributed by atoms with Gasteiger partial charge in [-0.05, 0) is 92.2 Å². The summed E-state index contributed by atoms with van der Waals surface area (Å²) in [5.74, 6) is 0.720. The minimum absolute atomic E-state index is 0.0837. The number of imidazole rings is 2. The van der Waals surface area contributed by atoms with Crippen molar-refractivity contribution >= 4 is 39.1 Å². The molecule has 7 rings (SSSR count). The van der Waals surface area contributed by atoms with Crippen molar-refractivity contribution in [3.8, 4) is 22.8 Å². The van der Waals surface area contributed by atoms with Gasteiger partial charge < -0.3 is 9.13 Å². The Hall–Kier alpha value is -4.66. The summed E-state index contributed by atoms with van der Waals surface area (Å²) in [4.78, 5) is 23.3. The highest BCUT2D eigenvalue weighted by atomic mass is 32.2. The normalized spacial score (nSPS) is 19.1. The monoisotopic (exact) mass is 737 g/mol. The van der Waals surface area contributed by atoms with Gasteiger partial charge in [0, 0.05) is 25.2 Å². The molecule has 1 saturated heterocycles. The first-order chi connectivity index (χ1) is 24.3. The van der Waals surface area contributed by atoms with Crippen LogP contribution in [0.4, 0.5) is 31.1 Å². The van der Waals surface area contributed by atoms with E-state index < -0.39 is 33.8 Å². The molecule has 6 aromatic rings. The Balaban J connectivity index is 1.43. The highest BCUT2D eigenvalue weighted by Gasteiger charge is 2.61. The van der Waals surface area contributed by atoms with Gasteiger partial charge in [0.2, 0.25) is 0 Å². The highest BCUT2D eigenvalue weighted by Crippen LogP contribution is 2.53. The minimum Gasteiger partial charge on any atom is -0.327 e. The molecule has 0 saturated carbocycles. The quantitative estimate of drug-likeness (QED) is 0.141. The van der Waals surface area contributed by atoms with E-state index in [4.69, 9.17) is 9.97 Å². The zero-order valence-corrected chi connectivity index (χ0v) is 29.9. The van der Waals surface area contributed by atoms with Crippen molar-refractivity contribution in [1.82, 2.24) is 24.5 Å². The fraction of sp³-hybridized carbons (Fsp3) is 0.289. The largest absolute Gasteiger partial charge is 0.416 e. The third kappa shape index (κ3) is 5.58. The van der Waals surface area contributed by atoms with Crippen molar-refractivity contribution in [2.24, 2.45) is 14.1 Å². The van der Waals surface area contributed by atoms with Crippen molar-refractivity contribution in [2.75, 3.05) is 13.6 Å². The first-order valence-electron chi connectivity index (χ1n) is 16.5.